The van der Waals surface area contributed by atoms with Gasteiger partial charge in [-0.3, -0.25) is 0 Å². The molecule has 2 nitrogen and oxygen atoms in total. The zero-order valence-corrected chi connectivity index (χ0v) is 12.9. The van der Waals surface area contributed by atoms with Crippen molar-refractivity contribution in [1.82, 2.24) is 5.32 Å². The van der Waals surface area contributed by atoms with Gasteiger partial charge in [-0.25, -0.2) is 0 Å². The summed E-state index contributed by atoms with van der Waals surface area (Å²) in [5.74, 6) is 0.829. The van der Waals surface area contributed by atoms with E-state index >= 15 is 0 Å². The predicted molar refractivity (Wildman–Crippen MR) is 88.2 cm³/mol. The SMILES string of the molecule is CCN(CC)c1ccc(CNCC2CC=CCC2)cc1. The fraction of sp³-hybridized carbons (Fsp3) is 0.556. The van der Waals surface area contributed by atoms with Crippen LogP contribution in [0.15, 0.2) is 36.4 Å². The van der Waals surface area contributed by atoms with E-state index in [2.05, 4.69) is 60.5 Å². The Morgan fingerprint density at radius 3 is 2.45 bits per heavy atom. The molecule has 1 aliphatic carbocycles. The molecule has 0 bridgehead atoms. The standard InChI is InChI=1S/C18H28N2/c1-3-20(4-2)18-12-10-17(11-13-18)15-19-14-16-8-6-5-7-9-16/h5-6,10-13,16,19H,3-4,7-9,14-15H2,1-2H3. The Hall–Kier alpha value is -1.28. The third kappa shape index (κ3) is 4.38. The summed E-state index contributed by atoms with van der Waals surface area (Å²) >= 11 is 0. The van der Waals surface area contributed by atoms with Gasteiger partial charge in [0.2, 0.25) is 0 Å². The first-order valence-electron chi connectivity index (χ1n) is 8.03. The third-order valence-electron chi connectivity index (χ3n) is 4.20. The maximum atomic E-state index is 3.60. The van der Waals surface area contributed by atoms with Crippen molar-refractivity contribution in [2.75, 3.05) is 24.5 Å². The molecule has 2 heteroatoms. The van der Waals surface area contributed by atoms with Crippen LogP contribution in [0.2, 0.25) is 0 Å². The number of hydrogen-bond donors (Lipinski definition) is 1. The molecular weight excluding hydrogens is 244 g/mol. The molecule has 2 rings (SSSR count). The molecule has 0 aromatic heterocycles. The van der Waals surface area contributed by atoms with Crippen molar-refractivity contribution in [2.24, 2.45) is 5.92 Å². The van der Waals surface area contributed by atoms with Gasteiger partial charge in [-0.15, -0.1) is 0 Å². The van der Waals surface area contributed by atoms with Crippen molar-refractivity contribution in [3.8, 4) is 0 Å². The van der Waals surface area contributed by atoms with Gasteiger partial charge in [0.15, 0.2) is 0 Å². The Morgan fingerprint density at radius 2 is 1.85 bits per heavy atom. The number of rotatable bonds is 7. The summed E-state index contributed by atoms with van der Waals surface area (Å²) in [4.78, 5) is 2.38. The van der Waals surface area contributed by atoms with E-state index in [9.17, 15) is 0 Å². The largest absolute Gasteiger partial charge is 0.372 e. The van der Waals surface area contributed by atoms with Crippen LogP contribution in [0.1, 0.15) is 38.7 Å². The number of allylic oxidation sites excluding steroid dienone is 2. The van der Waals surface area contributed by atoms with Gasteiger partial charge in [0, 0.05) is 25.3 Å². The zero-order valence-electron chi connectivity index (χ0n) is 12.9. The molecule has 1 aromatic rings. The van der Waals surface area contributed by atoms with Crippen LogP contribution in [0.4, 0.5) is 5.69 Å². The van der Waals surface area contributed by atoms with Crippen molar-refractivity contribution >= 4 is 5.69 Å². The second kappa shape index (κ2) is 8.11. The molecule has 1 aromatic carbocycles. The zero-order chi connectivity index (χ0) is 14.2. The van der Waals surface area contributed by atoms with Crippen LogP contribution >= 0.6 is 0 Å². The Labute approximate surface area is 123 Å². The summed E-state index contributed by atoms with van der Waals surface area (Å²) in [7, 11) is 0. The first-order valence-corrected chi connectivity index (χ1v) is 8.03. The first-order chi connectivity index (χ1) is 9.83. The van der Waals surface area contributed by atoms with E-state index in [-0.39, 0.29) is 0 Å². The molecule has 1 N–H and O–H groups in total. The van der Waals surface area contributed by atoms with E-state index in [1.807, 2.05) is 0 Å². The fourth-order valence-corrected chi connectivity index (χ4v) is 2.88. The van der Waals surface area contributed by atoms with E-state index < -0.39 is 0 Å². The van der Waals surface area contributed by atoms with Crippen LogP contribution < -0.4 is 10.2 Å². The summed E-state index contributed by atoms with van der Waals surface area (Å²) in [6.45, 7) is 8.68. The van der Waals surface area contributed by atoms with Gasteiger partial charge in [-0.05, 0) is 63.3 Å². The maximum Gasteiger partial charge on any atom is 0.0366 e. The van der Waals surface area contributed by atoms with Gasteiger partial charge in [0.05, 0.1) is 0 Å². The lowest BCUT2D eigenvalue weighted by Crippen LogP contribution is -2.23. The summed E-state index contributed by atoms with van der Waals surface area (Å²) in [5, 5.41) is 3.60. The second-order valence-corrected chi connectivity index (χ2v) is 5.62. The van der Waals surface area contributed by atoms with Crippen LogP contribution in [-0.4, -0.2) is 19.6 Å². The molecule has 1 atom stereocenters. The highest BCUT2D eigenvalue weighted by Gasteiger charge is 2.08. The molecule has 0 heterocycles. The molecular formula is C18H28N2. The lowest BCUT2D eigenvalue weighted by atomic mass is 9.94. The third-order valence-corrected chi connectivity index (χ3v) is 4.20. The molecule has 0 spiro atoms. The number of benzene rings is 1. The van der Waals surface area contributed by atoms with E-state index in [4.69, 9.17) is 0 Å². The summed E-state index contributed by atoms with van der Waals surface area (Å²) < 4.78 is 0. The molecule has 0 radical (unpaired) electrons. The number of anilines is 1. The molecule has 20 heavy (non-hydrogen) atoms. The number of nitrogens with zero attached hydrogens (tertiary/aromatic N) is 1. The minimum absolute atomic E-state index is 0.829. The van der Waals surface area contributed by atoms with Gasteiger partial charge in [-0.2, -0.15) is 0 Å². The fourth-order valence-electron chi connectivity index (χ4n) is 2.88. The number of nitrogens with one attached hydrogen (secondary N) is 1. The predicted octanol–water partition coefficient (Wildman–Crippen LogP) is 3.98. The van der Waals surface area contributed by atoms with Gasteiger partial charge in [-0.1, -0.05) is 24.3 Å². The molecule has 1 aliphatic rings. The molecule has 1 unspecified atom stereocenters. The molecule has 110 valence electrons. The van der Waals surface area contributed by atoms with Gasteiger partial charge in [0.25, 0.3) is 0 Å². The summed E-state index contributed by atoms with van der Waals surface area (Å²) in [6.07, 6.45) is 8.47. The van der Waals surface area contributed by atoms with Crippen LogP contribution in [0.5, 0.6) is 0 Å². The van der Waals surface area contributed by atoms with E-state index in [0.29, 0.717) is 0 Å². The highest BCUT2D eigenvalue weighted by Crippen LogP contribution is 2.18. The lowest BCUT2D eigenvalue weighted by Gasteiger charge is -2.21. The Balaban J connectivity index is 1.77. The van der Waals surface area contributed by atoms with Gasteiger partial charge < -0.3 is 10.2 Å². The Bertz CT molecular complexity index is 404. The molecule has 0 fully saturated rings. The van der Waals surface area contributed by atoms with Crippen LogP contribution in [0.3, 0.4) is 0 Å². The normalized spacial score (nSPS) is 18.2. The topological polar surface area (TPSA) is 15.3 Å². The summed E-state index contributed by atoms with van der Waals surface area (Å²) in [5.41, 5.74) is 2.71. The first kappa shape index (κ1) is 15.1. The van der Waals surface area contributed by atoms with E-state index in [1.54, 1.807) is 0 Å². The van der Waals surface area contributed by atoms with Crippen LogP contribution in [0.25, 0.3) is 0 Å². The minimum Gasteiger partial charge on any atom is -0.372 e. The van der Waals surface area contributed by atoms with E-state index in [0.717, 1.165) is 32.1 Å². The molecule has 0 saturated heterocycles. The van der Waals surface area contributed by atoms with E-state index in [1.165, 1.54) is 30.5 Å². The molecule has 0 aliphatic heterocycles. The van der Waals surface area contributed by atoms with Crippen molar-refractivity contribution in [3.63, 3.8) is 0 Å². The van der Waals surface area contributed by atoms with Gasteiger partial charge in [0.1, 0.15) is 0 Å². The number of hydrogen-bond acceptors (Lipinski definition) is 2. The smallest absolute Gasteiger partial charge is 0.0366 e. The monoisotopic (exact) mass is 272 g/mol. The minimum atomic E-state index is 0.829. The average Bonchev–Trinajstić information content (AvgIpc) is 2.51. The van der Waals surface area contributed by atoms with Crippen LogP contribution in [0, 0.1) is 5.92 Å². The van der Waals surface area contributed by atoms with Crippen molar-refractivity contribution in [2.45, 2.75) is 39.7 Å². The van der Waals surface area contributed by atoms with Crippen molar-refractivity contribution in [3.05, 3.63) is 42.0 Å². The molecule has 0 saturated carbocycles. The lowest BCUT2D eigenvalue weighted by molar-refractivity contribution is 0.440. The average molecular weight is 272 g/mol. The maximum absolute atomic E-state index is 3.60. The Morgan fingerprint density at radius 1 is 1.10 bits per heavy atom. The highest BCUT2D eigenvalue weighted by atomic mass is 15.1. The highest BCUT2D eigenvalue weighted by molar-refractivity contribution is 5.47. The van der Waals surface area contributed by atoms with Crippen molar-refractivity contribution < 1.29 is 0 Å². The van der Waals surface area contributed by atoms with Crippen molar-refractivity contribution in [1.29, 1.82) is 0 Å². The molecule has 0 amide bonds. The second-order valence-electron chi connectivity index (χ2n) is 5.62. The Kier molecular flexibility index (Phi) is 6.13. The summed E-state index contributed by atoms with van der Waals surface area (Å²) in [6, 6.07) is 8.99. The quantitative estimate of drug-likeness (QED) is 0.755. The van der Waals surface area contributed by atoms with Gasteiger partial charge >= 0.3 is 0 Å². The van der Waals surface area contributed by atoms with Crippen LogP contribution in [-0.2, 0) is 6.54 Å².